The van der Waals surface area contributed by atoms with Gasteiger partial charge in [-0.05, 0) is 23.6 Å². The van der Waals surface area contributed by atoms with Crippen molar-refractivity contribution in [2.24, 2.45) is 7.05 Å². The fourth-order valence-electron chi connectivity index (χ4n) is 3.55. The van der Waals surface area contributed by atoms with Crippen molar-refractivity contribution in [1.82, 2.24) is 29.5 Å². The maximum Gasteiger partial charge on any atom is 0.121 e. The van der Waals surface area contributed by atoms with Crippen LogP contribution in [0.5, 0.6) is 0 Å². The average molecular weight is 380 g/mol. The van der Waals surface area contributed by atoms with E-state index in [2.05, 4.69) is 56.2 Å². The molecule has 0 saturated carbocycles. The van der Waals surface area contributed by atoms with Crippen LogP contribution in [0.15, 0.2) is 48.2 Å². The Morgan fingerprint density at radius 2 is 2.22 bits per heavy atom. The zero-order valence-electron chi connectivity index (χ0n) is 15.0. The van der Waals surface area contributed by atoms with E-state index in [-0.39, 0.29) is 6.10 Å². The van der Waals surface area contributed by atoms with Crippen molar-refractivity contribution in [1.29, 1.82) is 0 Å². The molecule has 0 N–H and O–H groups in total. The molecule has 1 aliphatic heterocycles. The van der Waals surface area contributed by atoms with Crippen LogP contribution < -0.4 is 0 Å². The van der Waals surface area contributed by atoms with E-state index in [1.807, 2.05) is 28.6 Å². The van der Waals surface area contributed by atoms with E-state index in [0.29, 0.717) is 6.61 Å². The Morgan fingerprint density at radius 3 is 3.04 bits per heavy atom. The molecule has 138 valence electrons. The topological polar surface area (TPSA) is 60.5 Å². The van der Waals surface area contributed by atoms with Crippen LogP contribution in [0.4, 0.5) is 0 Å². The molecule has 1 fully saturated rings. The van der Waals surface area contributed by atoms with Crippen LogP contribution in [0, 0.1) is 0 Å². The molecule has 0 amide bonds. The van der Waals surface area contributed by atoms with Gasteiger partial charge in [0.25, 0.3) is 0 Å². The molecular formula is C19H20N6OS. The molecule has 5 rings (SSSR count). The summed E-state index contributed by atoms with van der Waals surface area (Å²) in [5.41, 5.74) is 4.27. The van der Waals surface area contributed by atoms with E-state index in [0.717, 1.165) is 36.4 Å². The molecule has 1 aliphatic rings. The number of thiophene rings is 1. The molecule has 1 unspecified atom stereocenters. The third-order valence-corrected chi connectivity index (χ3v) is 5.78. The lowest BCUT2D eigenvalue weighted by atomic mass is 10.1. The minimum Gasteiger partial charge on any atom is -0.369 e. The number of ether oxygens (including phenoxy) is 1. The maximum absolute atomic E-state index is 6.03. The summed E-state index contributed by atoms with van der Waals surface area (Å²) in [5, 5.41) is 15.1. The number of aryl methyl sites for hydroxylation is 1. The van der Waals surface area contributed by atoms with Gasteiger partial charge in [0.1, 0.15) is 11.8 Å². The van der Waals surface area contributed by atoms with Crippen molar-refractivity contribution in [3.05, 3.63) is 59.5 Å². The summed E-state index contributed by atoms with van der Waals surface area (Å²) in [4.78, 5) is 3.61. The summed E-state index contributed by atoms with van der Waals surface area (Å²) in [6.07, 6.45) is 5.95. The van der Waals surface area contributed by atoms with Crippen molar-refractivity contribution in [3.8, 4) is 10.4 Å². The van der Waals surface area contributed by atoms with Crippen LogP contribution in [-0.2, 0) is 18.3 Å². The monoisotopic (exact) mass is 380 g/mol. The van der Waals surface area contributed by atoms with Gasteiger partial charge in [0, 0.05) is 55.1 Å². The Morgan fingerprint density at radius 1 is 1.26 bits per heavy atom. The number of aromatic nitrogens is 5. The molecule has 0 aromatic carbocycles. The molecule has 1 atom stereocenters. The van der Waals surface area contributed by atoms with Gasteiger partial charge in [-0.1, -0.05) is 11.3 Å². The summed E-state index contributed by atoms with van der Waals surface area (Å²) in [5.74, 6) is 0. The van der Waals surface area contributed by atoms with Gasteiger partial charge in [-0.15, -0.1) is 16.4 Å². The Labute approximate surface area is 160 Å². The highest BCUT2D eigenvalue weighted by Gasteiger charge is 2.26. The first kappa shape index (κ1) is 16.6. The second-order valence-electron chi connectivity index (χ2n) is 6.82. The molecule has 5 heterocycles. The molecule has 0 aliphatic carbocycles. The van der Waals surface area contributed by atoms with Gasteiger partial charge in [0.2, 0.25) is 0 Å². The van der Waals surface area contributed by atoms with Gasteiger partial charge in [-0.25, -0.2) is 4.52 Å². The molecule has 0 radical (unpaired) electrons. The second-order valence-corrected chi connectivity index (χ2v) is 7.76. The number of hydrogen-bond donors (Lipinski definition) is 0. The van der Waals surface area contributed by atoms with Gasteiger partial charge in [-0.2, -0.15) is 5.10 Å². The highest BCUT2D eigenvalue weighted by atomic mass is 32.1. The van der Waals surface area contributed by atoms with E-state index in [4.69, 9.17) is 4.74 Å². The van der Waals surface area contributed by atoms with E-state index in [1.54, 1.807) is 11.3 Å². The summed E-state index contributed by atoms with van der Waals surface area (Å²) in [7, 11) is 1.94. The summed E-state index contributed by atoms with van der Waals surface area (Å²) in [6.45, 7) is 3.27. The molecule has 27 heavy (non-hydrogen) atoms. The molecule has 8 heteroatoms. The highest BCUT2D eigenvalue weighted by molar-refractivity contribution is 7.13. The van der Waals surface area contributed by atoms with Gasteiger partial charge >= 0.3 is 0 Å². The number of nitrogens with zero attached hydrogens (tertiary/aromatic N) is 6. The van der Waals surface area contributed by atoms with Crippen LogP contribution in [0.3, 0.4) is 0 Å². The van der Waals surface area contributed by atoms with Crippen LogP contribution in [-0.4, -0.2) is 49.2 Å². The van der Waals surface area contributed by atoms with Crippen molar-refractivity contribution in [3.63, 3.8) is 0 Å². The zero-order valence-corrected chi connectivity index (χ0v) is 15.8. The first-order valence-corrected chi connectivity index (χ1v) is 9.84. The Balaban J connectivity index is 1.38. The number of pyridine rings is 1. The number of fused-ring (bicyclic) bond motifs is 1. The van der Waals surface area contributed by atoms with Crippen molar-refractivity contribution >= 4 is 16.9 Å². The van der Waals surface area contributed by atoms with Crippen LogP contribution in [0.25, 0.3) is 16.0 Å². The lowest BCUT2D eigenvalue weighted by Crippen LogP contribution is -2.38. The quantitative estimate of drug-likeness (QED) is 0.545. The smallest absolute Gasteiger partial charge is 0.121 e. The van der Waals surface area contributed by atoms with Crippen LogP contribution in [0.2, 0.25) is 0 Å². The van der Waals surface area contributed by atoms with Gasteiger partial charge in [0.15, 0.2) is 0 Å². The average Bonchev–Trinajstić information content (AvgIpc) is 3.42. The molecule has 1 saturated heterocycles. The normalized spacial score (nSPS) is 18.3. The molecule has 0 bridgehead atoms. The van der Waals surface area contributed by atoms with Crippen molar-refractivity contribution < 1.29 is 4.74 Å². The predicted molar refractivity (Wildman–Crippen MR) is 103 cm³/mol. The van der Waals surface area contributed by atoms with Gasteiger partial charge in [0.05, 0.1) is 18.3 Å². The summed E-state index contributed by atoms with van der Waals surface area (Å²) in [6, 6.07) is 8.39. The maximum atomic E-state index is 6.03. The largest absolute Gasteiger partial charge is 0.369 e. The first-order valence-electron chi connectivity index (χ1n) is 8.96. The summed E-state index contributed by atoms with van der Waals surface area (Å²) >= 11 is 1.72. The SMILES string of the molecule is Cn1cc(CN2CCOC(c3nnn4cc(-c5cccs5)ccc34)C2)cn1. The Hall–Kier alpha value is -2.55. The predicted octanol–water partition coefficient (Wildman–Crippen LogP) is 2.76. The lowest BCUT2D eigenvalue weighted by Gasteiger charge is -2.31. The first-order chi connectivity index (χ1) is 13.3. The standard InChI is InChI=1S/C19H20N6OS/c1-23-10-14(9-20-23)11-24-6-7-26-17(13-24)19-16-5-4-15(12-25(16)22-21-19)18-3-2-8-27-18/h2-5,8-10,12,17H,6-7,11,13H2,1H3. The van der Waals surface area contributed by atoms with Crippen LogP contribution >= 0.6 is 11.3 Å². The minimum atomic E-state index is -0.0690. The lowest BCUT2D eigenvalue weighted by molar-refractivity contribution is -0.0343. The third-order valence-electron chi connectivity index (χ3n) is 4.87. The van der Waals surface area contributed by atoms with Crippen LogP contribution in [0.1, 0.15) is 17.4 Å². The Kier molecular flexibility index (Phi) is 4.23. The van der Waals surface area contributed by atoms with E-state index in [9.17, 15) is 0 Å². The van der Waals surface area contributed by atoms with E-state index < -0.39 is 0 Å². The van der Waals surface area contributed by atoms with E-state index in [1.165, 1.54) is 10.4 Å². The Bertz CT molecular complexity index is 1050. The third kappa shape index (κ3) is 3.27. The van der Waals surface area contributed by atoms with E-state index >= 15 is 0 Å². The fourth-order valence-corrected chi connectivity index (χ4v) is 4.27. The molecule has 4 aromatic rings. The number of rotatable bonds is 4. The highest BCUT2D eigenvalue weighted by Crippen LogP contribution is 2.28. The fraction of sp³-hybridized carbons (Fsp3) is 0.316. The van der Waals surface area contributed by atoms with Crippen molar-refractivity contribution in [2.75, 3.05) is 19.7 Å². The molecule has 7 nitrogen and oxygen atoms in total. The number of hydrogen-bond acceptors (Lipinski definition) is 6. The van der Waals surface area contributed by atoms with Gasteiger partial charge in [-0.3, -0.25) is 9.58 Å². The molecule has 4 aromatic heterocycles. The molecular weight excluding hydrogens is 360 g/mol. The van der Waals surface area contributed by atoms with Gasteiger partial charge < -0.3 is 4.74 Å². The number of morpholine rings is 1. The summed E-state index contributed by atoms with van der Waals surface area (Å²) < 4.78 is 9.72. The minimum absolute atomic E-state index is 0.0690. The van der Waals surface area contributed by atoms with Crippen molar-refractivity contribution in [2.45, 2.75) is 12.6 Å². The molecule has 0 spiro atoms. The second kappa shape index (κ2) is 6.88. The zero-order chi connectivity index (χ0) is 18.2.